The van der Waals surface area contributed by atoms with Crippen molar-refractivity contribution in [3.63, 3.8) is 0 Å². The highest BCUT2D eigenvalue weighted by molar-refractivity contribution is 7.80. The molecule has 9 N–H and O–H groups in total. The lowest BCUT2D eigenvalue weighted by molar-refractivity contribution is -0.158. The maximum Gasteiger partial charge on any atom is 0.409 e. The van der Waals surface area contributed by atoms with Crippen LogP contribution in [0.1, 0.15) is 95.5 Å². The normalized spacial score (nSPS) is 24.3. The molecule has 2 aromatic rings. The summed E-state index contributed by atoms with van der Waals surface area (Å²) in [7, 11) is 5.71. The van der Waals surface area contributed by atoms with Gasteiger partial charge in [0.25, 0.3) is 17.7 Å². The molecule has 0 unspecified atom stereocenters. The molecule has 4 bridgehead atoms. The van der Waals surface area contributed by atoms with E-state index in [2.05, 4.69) is 31.9 Å². The van der Waals surface area contributed by atoms with Crippen LogP contribution in [0, 0.1) is 5.92 Å². The van der Waals surface area contributed by atoms with Crippen LogP contribution in [0.4, 0.5) is 21.0 Å². The number of nitrogens with two attached hydrogens (primary N) is 1. The van der Waals surface area contributed by atoms with Gasteiger partial charge < -0.3 is 70.9 Å². The highest BCUT2D eigenvalue weighted by Gasteiger charge is 2.62. The van der Waals surface area contributed by atoms with Gasteiger partial charge in [-0.3, -0.25) is 39.0 Å². The Morgan fingerprint density at radius 1 is 0.988 bits per heavy atom. The molecule has 27 heteroatoms. The first-order chi connectivity index (χ1) is 40.2. The molecule has 9 atom stereocenters. The number of rotatable bonds is 21. The number of amides is 9. The van der Waals surface area contributed by atoms with Crippen LogP contribution in [0.25, 0.3) is 0 Å². The highest BCUT2D eigenvalue weighted by Crippen LogP contribution is 2.47. The van der Waals surface area contributed by atoms with E-state index in [4.69, 9.17) is 53.2 Å². The molecule has 4 aliphatic rings. The Kier molecular flexibility index (Phi) is 23.0. The van der Waals surface area contributed by atoms with E-state index in [1.165, 1.54) is 64.4 Å². The smallest absolute Gasteiger partial charge is 0.409 e. The molecule has 0 radical (unpaired) electrons. The van der Waals surface area contributed by atoms with Crippen LogP contribution in [-0.4, -0.2) is 175 Å². The number of carbonyl (C=O) groups excluding carboxylic acids is 9. The third kappa shape index (κ3) is 17.3. The second-order valence-electron chi connectivity index (χ2n) is 21.9. The third-order valence-corrected chi connectivity index (χ3v) is 15.9. The van der Waals surface area contributed by atoms with Crippen LogP contribution in [-0.2, 0) is 54.1 Å². The van der Waals surface area contributed by atoms with Gasteiger partial charge in [0.2, 0.25) is 17.7 Å². The number of benzene rings is 2. The molecular weight excluding hydrogens is 1140 g/mol. The number of aliphatic hydroxyl groups is 1. The topological polar surface area (TPSA) is 331 Å². The zero-order valence-corrected chi connectivity index (χ0v) is 50.7. The average Bonchev–Trinajstić information content (AvgIpc) is 3.63. The number of alkyl carbamates (subject to hydrolysis) is 1. The molecule has 462 valence electrons. The Balaban J connectivity index is 1.18. The Bertz CT molecular complexity index is 2960. The molecule has 2 saturated heterocycles. The molecular formula is C58H77ClN10O15S. The van der Waals surface area contributed by atoms with Crippen molar-refractivity contribution in [1.82, 2.24) is 36.4 Å². The van der Waals surface area contributed by atoms with Gasteiger partial charge in [-0.25, -0.2) is 14.4 Å². The van der Waals surface area contributed by atoms with Crippen LogP contribution in [0.2, 0.25) is 5.02 Å². The quantitative estimate of drug-likeness (QED) is 0.0291. The van der Waals surface area contributed by atoms with Crippen molar-refractivity contribution in [2.75, 3.05) is 58.2 Å². The summed E-state index contributed by atoms with van der Waals surface area (Å²) in [5.41, 5.74) is 3.89. The molecule has 85 heavy (non-hydrogen) atoms. The molecule has 2 aromatic carbocycles. The van der Waals surface area contributed by atoms with Crippen LogP contribution >= 0.6 is 23.8 Å². The van der Waals surface area contributed by atoms with Crippen molar-refractivity contribution in [3.05, 3.63) is 88.5 Å². The number of primary amides is 1. The average molecular weight is 1220 g/mol. The number of thiocarbonyl (C=S) groups is 1. The number of allylic oxidation sites excluding steroid dienone is 3. The number of methoxy groups -OCH3 is 2. The number of ether oxygens (including phenoxy) is 5. The van der Waals surface area contributed by atoms with Crippen molar-refractivity contribution in [3.8, 4) is 5.75 Å². The van der Waals surface area contributed by atoms with Gasteiger partial charge >= 0.3 is 18.1 Å². The lowest BCUT2D eigenvalue weighted by Gasteiger charge is -2.40. The number of esters is 1. The minimum absolute atomic E-state index is 0.00671. The largest absolute Gasteiger partial charge is 0.495 e. The number of urea groups is 1. The fourth-order valence-corrected chi connectivity index (χ4v) is 10.6. The van der Waals surface area contributed by atoms with Crippen molar-refractivity contribution in [2.45, 2.75) is 140 Å². The van der Waals surface area contributed by atoms with Gasteiger partial charge in [0.15, 0.2) is 10.8 Å². The number of hydrogen-bond donors (Lipinski definition) is 8. The van der Waals surface area contributed by atoms with E-state index < -0.39 is 102 Å². The first-order valence-electron chi connectivity index (χ1n) is 27.9. The minimum Gasteiger partial charge on any atom is -0.495 e. The number of likely N-dealkylation sites (N-methyl/N-ethyl adjacent to an activating group) is 1. The predicted molar refractivity (Wildman–Crippen MR) is 317 cm³/mol. The number of carbonyl (C=O) groups is 9. The molecule has 0 saturated carbocycles. The van der Waals surface area contributed by atoms with Gasteiger partial charge in [-0.1, -0.05) is 61.4 Å². The standard InChI is InChI=1S/C58H77ClN10O15S/c1-32(2)49(65-55(85)62-23-12-13-25-69-45(70)21-22-46(69)71)51(74)64-39(19-15-24-61-54(60)77)50(73)63-38-18-11-10-17-37(38)52(75)67(6)34(4)53(76)83-43-30-47(72)68(7)40-27-35(28-41(80-8)48(40)59)26-33(3)16-14-20-42(81-9)58(79)31-36(82-56(78)66-58)29-44-57(43,5)84-44/h10-11,14,16-18,20-22,27-28,32,34,36,39,42-44,49,79H,12-13,15,19,23-26,29-31H2,1-9H3,(H,63,73)(H,64,74)(H,66,78)(H3,60,61,77)(H2,62,65,85)/b20-14+,33-16+/t34-,36+,39-,42+,43-,44-,49-,57-,58-/m0/s1. The summed E-state index contributed by atoms with van der Waals surface area (Å²) < 4.78 is 29.3. The fraction of sp³-hybridized carbons (Fsp3) is 0.517. The number of epoxide rings is 1. The molecule has 9 amide bonds. The lowest BCUT2D eigenvalue weighted by atomic mass is 9.90. The lowest BCUT2D eigenvalue weighted by Crippen LogP contribution is -2.62. The predicted octanol–water partition coefficient (Wildman–Crippen LogP) is 3.65. The van der Waals surface area contributed by atoms with E-state index in [0.717, 1.165) is 20.9 Å². The van der Waals surface area contributed by atoms with Crippen molar-refractivity contribution >= 4 is 93.8 Å². The minimum atomic E-state index is -1.91. The van der Waals surface area contributed by atoms with Gasteiger partial charge in [0, 0.05) is 65.8 Å². The van der Waals surface area contributed by atoms with E-state index in [1.54, 1.807) is 57.2 Å². The molecule has 0 aliphatic carbocycles. The van der Waals surface area contributed by atoms with E-state index in [9.17, 15) is 48.3 Å². The summed E-state index contributed by atoms with van der Waals surface area (Å²) >= 11 is 12.3. The number of hydrogen-bond acceptors (Lipinski definition) is 16. The van der Waals surface area contributed by atoms with Gasteiger partial charge in [-0.05, 0) is 101 Å². The number of nitrogens with zero attached hydrogens (tertiary/aromatic N) is 3. The second kappa shape index (κ2) is 29.4. The Hall–Kier alpha value is -7.65. The summed E-state index contributed by atoms with van der Waals surface area (Å²) in [5, 5.41) is 28.6. The SMILES string of the molecule is COc1cc2cc(c1Cl)N(C)C(=O)C[C@H](OC(=O)[C@H](C)N(C)C(=O)c1ccccc1NC(=O)[C@H](CCCNC(N)=O)NC(=O)[C@@H](NC(=S)NCCCCN1C(=O)C=CC1=O)C(C)C)[C@]1(C)O[C@H]1C[C@@H]1C[C@@](O)(NC(=O)O1)[C@H](OC)/C=C/C=C(\C)C2. The summed E-state index contributed by atoms with van der Waals surface area (Å²) in [6.07, 6.45) is 3.68. The Morgan fingerprint density at radius 2 is 1.68 bits per heavy atom. The summed E-state index contributed by atoms with van der Waals surface area (Å²) in [6.45, 7) is 9.16. The molecule has 0 spiro atoms. The van der Waals surface area contributed by atoms with E-state index in [0.29, 0.717) is 37.2 Å². The molecule has 4 aliphatic heterocycles. The van der Waals surface area contributed by atoms with Crippen molar-refractivity contribution < 1.29 is 71.9 Å². The first-order valence-corrected chi connectivity index (χ1v) is 28.7. The van der Waals surface area contributed by atoms with Gasteiger partial charge in [0.1, 0.15) is 52.8 Å². The maximum atomic E-state index is 14.5. The molecule has 25 nitrogen and oxygen atoms in total. The maximum absolute atomic E-state index is 14.5. The number of para-hydroxylation sites is 1. The monoisotopic (exact) mass is 1220 g/mol. The van der Waals surface area contributed by atoms with Gasteiger partial charge in [-0.15, -0.1) is 0 Å². The van der Waals surface area contributed by atoms with Crippen LogP contribution in [0.5, 0.6) is 5.75 Å². The molecule has 4 heterocycles. The second-order valence-corrected chi connectivity index (χ2v) is 22.6. The molecule has 2 fully saturated rings. The van der Waals surface area contributed by atoms with Crippen LogP contribution in [0.3, 0.4) is 0 Å². The fourth-order valence-electron chi connectivity index (χ4n) is 10.0. The molecule has 0 aromatic heterocycles. The number of nitrogens with one attached hydrogen (secondary N) is 6. The number of unbranched alkanes of at least 4 members (excludes halogenated alkanes) is 1. The van der Waals surface area contributed by atoms with E-state index >= 15 is 0 Å². The van der Waals surface area contributed by atoms with Crippen molar-refractivity contribution in [2.24, 2.45) is 11.7 Å². The highest BCUT2D eigenvalue weighted by atomic mass is 35.5. The first kappa shape index (κ1) is 66.5. The van der Waals surface area contributed by atoms with Crippen LogP contribution in [0.15, 0.2) is 72.4 Å². The van der Waals surface area contributed by atoms with E-state index in [1.807, 2.05) is 13.0 Å². The number of anilines is 2. The Labute approximate surface area is 504 Å². The van der Waals surface area contributed by atoms with Crippen LogP contribution < -0.4 is 47.3 Å². The number of fused-ring (bicyclic) bond motifs is 5. The van der Waals surface area contributed by atoms with Gasteiger partial charge in [0.05, 0.1) is 36.6 Å². The molecule has 6 rings (SSSR count). The summed E-state index contributed by atoms with van der Waals surface area (Å²) in [5.74, 6) is -4.31. The summed E-state index contributed by atoms with van der Waals surface area (Å²) in [6, 6.07) is 5.22. The van der Waals surface area contributed by atoms with E-state index in [-0.39, 0.29) is 77.9 Å². The Morgan fingerprint density at radius 3 is 2.35 bits per heavy atom. The van der Waals surface area contributed by atoms with Gasteiger partial charge in [-0.2, -0.15) is 0 Å². The third-order valence-electron chi connectivity index (χ3n) is 15.2. The summed E-state index contributed by atoms with van der Waals surface area (Å²) in [4.78, 5) is 124. The number of imide groups is 1. The number of halogens is 1. The zero-order valence-electron chi connectivity index (χ0n) is 49.1. The zero-order chi connectivity index (χ0) is 62.5. The van der Waals surface area contributed by atoms with Crippen molar-refractivity contribution in [1.29, 1.82) is 0 Å².